The van der Waals surface area contributed by atoms with E-state index in [1.165, 1.54) is 41.1 Å². The summed E-state index contributed by atoms with van der Waals surface area (Å²) >= 11 is 0. The van der Waals surface area contributed by atoms with Crippen LogP contribution >= 0.6 is 0 Å². The average Bonchev–Trinajstić information content (AvgIpc) is 3.23. The molecule has 3 aromatic rings. The van der Waals surface area contributed by atoms with Crippen molar-refractivity contribution in [3.63, 3.8) is 0 Å². The first-order valence-corrected chi connectivity index (χ1v) is 11.2. The van der Waals surface area contributed by atoms with Gasteiger partial charge in [0.1, 0.15) is 29.9 Å². The Morgan fingerprint density at radius 1 is 1.24 bits per heavy atom. The monoisotopic (exact) mass is 535 g/mol. The molecule has 6 N–H and O–H groups in total. The number of carbonyl (C=O) groups is 3. The van der Waals surface area contributed by atoms with Crippen LogP contribution in [0.25, 0.3) is 10.9 Å². The predicted octanol–water partition coefficient (Wildman–Crippen LogP) is 2.56. The maximum absolute atomic E-state index is 13.9. The largest absolute Gasteiger partial charge is 0.485 e. The van der Waals surface area contributed by atoms with Gasteiger partial charge in [0.25, 0.3) is 12.0 Å². The number of H-pyrrole nitrogens is 1. The lowest BCUT2D eigenvalue weighted by Gasteiger charge is -2.16. The van der Waals surface area contributed by atoms with Crippen LogP contribution in [0.3, 0.4) is 0 Å². The highest BCUT2D eigenvalue weighted by molar-refractivity contribution is 5.96. The number of carbonyl (C=O) groups excluding carboxylic acids is 2. The smallest absolute Gasteiger partial charge is 0.405 e. The normalized spacial score (nSPS) is 12.1. The van der Waals surface area contributed by atoms with Crippen molar-refractivity contribution < 1.29 is 37.4 Å². The number of fused-ring (bicyclic) bond motifs is 1. The number of rotatable bonds is 12. The minimum atomic E-state index is -2.75. The molecule has 0 fully saturated rings. The number of carboxylic acid groups (broad SMARTS) is 1. The number of aromatic amines is 1. The zero-order valence-electron chi connectivity index (χ0n) is 19.7. The van der Waals surface area contributed by atoms with Crippen molar-refractivity contribution in [1.29, 1.82) is 0 Å². The quantitative estimate of drug-likeness (QED) is 0.223. The number of hydrogen-bond acceptors (Lipinski definition) is 5. The molecule has 14 heteroatoms. The lowest BCUT2D eigenvalue weighted by molar-refractivity contribution is -0.118. The Bertz CT molecular complexity index is 1420. The van der Waals surface area contributed by atoms with Crippen molar-refractivity contribution in [2.75, 3.05) is 11.9 Å². The topological polar surface area (TPSA) is 169 Å². The molecule has 0 radical (unpaired) electrons. The molecule has 1 unspecified atom stereocenters. The molecular weight excluding hydrogens is 511 g/mol. The van der Waals surface area contributed by atoms with E-state index in [9.17, 15) is 32.3 Å². The van der Waals surface area contributed by atoms with Crippen LogP contribution < -0.4 is 26.7 Å². The third-order valence-corrected chi connectivity index (χ3v) is 5.21. The van der Waals surface area contributed by atoms with Crippen LogP contribution in [0.15, 0.2) is 53.5 Å². The number of ether oxygens (including phenoxy) is 1. The van der Waals surface area contributed by atoms with E-state index in [-0.39, 0.29) is 36.3 Å². The molecule has 3 amide bonds. The molecule has 0 spiro atoms. The van der Waals surface area contributed by atoms with Gasteiger partial charge in [-0.05, 0) is 43.2 Å². The number of nitrogens with one attached hydrogen (secondary N) is 3. The molecule has 2 aromatic heterocycles. The van der Waals surface area contributed by atoms with E-state index in [0.717, 1.165) is 12.1 Å². The van der Waals surface area contributed by atoms with Gasteiger partial charge in [0.2, 0.25) is 11.8 Å². The van der Waals surface area contributed by atoms with E-state index in [0.29, 0.717) is 11.1 Å². The van der Waals surface area contributed by atoms with Crippen LogP contribution in [-0.2, 0) is 16.1 Å². The number of nitrogens with zero attached hydrogens (tertiary/aromatic N) is 1. The number of anilines is 1. The van der Waals surface area contributed by atoms with E-state index in [2.05, 4.69) is 15.6 Å². The van der Waals surface area contributed by atoms with Gasteiger partial charge in [-0.3, -0.25) is 14.4 Å². The van der Waals surface area contributed by atoms with Gasteiger partial charge in [-0.1, -0.05) is 6.08 Å². The van der Waals surface area contributed by atoms with Crippen molar-refractivity contribution in [3.8, 4) is 5.75 Å². The summed E-state index contributed by atoms with van der Waals surface area (Å²) in [4.78, 5) is 50.5. The average molecular weight is 535 g/mol. The summed E-state index contributed by atoms with van der Waals surface area (Å²) in [7, 11) is 0. The Morgan fingerprint density at radius 2 is 2.00 bits per heavy atom. The van der Waals surface area contributed by atoms with Crippen molar-refractivity contribution in [2.45, 2.75) is 31.9 Å². The summed E-state index contributed by atoms with van der Waals surface area (Å²) in [6, 6.07) is 5.26. The van der Waals surface area contributed by atoms with Crippen LogP contribution in [0, 0.1) is 5.82 Å². The van der Waals surface area contributed by atoms with E-state index in [4.69, 9.17) is 15.6 Å². The molecule has 1 aromatic carbocycles. The number of amides is 3. The number of benzene rings is 1. The minimum Gasteiger partial charge on any atom is -0.485 e. The summed E-state index contributed by atoms with van der Waals surface area (Å²) in [6.07, 6.45) is -0.164. The van der Waals surface area contributed by atoms with Crippen molar-refractivity contribution in [2.24, 2.45) is 5.73 Å². The molecule has 0 saturated heterocycles. The first-order chi connectivity index (χ1) is 18.0. The van der Waals surface area contributed by atoms with E-state index in [1.807, 2.05) is 0 Å². The molecule has 0 bridgehead atoms. The summed E-state index contributed by atoms with van der Waals surface area (Å²) in [5.41, 5.74) is 4.93. The van der Waals surface area contributed by atoms with E-state index in [1.54, 1.807) is 0 Å². The van der Waals surface area contributed by atoms with E-state index < -0.39 is 48.4 Å². The van der Waals surface area contributed by atoms with Gasteiger partial charge in [0.05, 0.1) is 12.1 Å². The highest BCUT2D eigenvalue weighted by Gasteiger charge is 2.21. The third kappa shape index (κ3) is 7.62. The van der Waals surface area contributed by atoms with Crippen molar-refractivity contribution >= 4 is 34.5 Å². The van der Waals surface area contributed by atoms with Crippen LogP contribution in [0.4, 0.5) is 23.7 Å². The number of aromatic nitrogens is 2. The lowest BCUT2D eigenvalue weighted by atomic mass is 10.1. The second-order valence-corrected chi connectivity index (χ2v) is 8.09. The highest BCUT2D eigenvalue weighted by atomic mass is 19.3. The van der Waals surface area contributed by atoms with Gasteiger partial charge in [-0.25, -0.2) is 18.0 Å². The minimum absolute atomic E-state index is 0.00940. The molecular formula is C24H24F3N5O6. The molecule has 38 heavy (non-hydrogen) atoms. The molecule has 202 valence electrons. The van der Waals surface area contributed by atoms with Crippen LogP contribution in [-0.4, -0.2) is 51.6 Å². The van der Waals surface area contributed by atoms with Gasteiger partial charge < -0.3 is 35.8 Å². The third-order valence-electron chi connectivity index (χ3n) is 5.21. The van der Waals surface area contributed by atoms with Crippen molar-refractivity contribution in [1.82, 2.24) is 14.9 Å². The number of pyridine rings is 1. The first-order valence-electron chi connectivity index (χ1n) is 11.2. The molecule has 2 heterocycles. The summed E-state index contributed by atoms with van der Waals surface area (Å²) in [5, 5.41) is 13.8. The van der Waals surface area contributed by atoms with Gasteiger partial charge in [-0.15, -0.1) is 0 Å². The number of hydrogen-bond donors (Lipinski definition) is 5. The molecule has 3 rings (SSSR count). The molecule has 0 aliphatic heterocycles. The standard InChI is InChI=1S/C24H24F3N5O6/c25-14-8-13-9-15(29-21(13)18(10-14)38-12-19(26)27)11-32-7-3-5-17(23(32)35)30-22(34)16(31-24(36)37)4-1-2-6-20(28)33/h2-3,5-10,16,19,29,31H,1,4,11-12H2,(H2,28,33)(H,30,34)(H,36,37)/b6-2+. The Balaban J connectivity index is 1.79. The van der Waals surface area contributed by atoms with Gasteiger partial charge in [0, 0.05) is 23.3 Å². The van der Waals surface area contributed by atoms with Crippen molar-refractivity contribution in [3.05, 3.63) is 70.5 Å². The number of allylic oxidation sites excluding steroid dienone is 1. The molecule has 0 saturated carbocycles. The maximum Gasteiger partial charge on any atom is 0.405 e. The number of alkyl halides is 2. The van der Waals surface area contributed by atoms with Crippen LogP contribution in [0.5, 0.6) is 5.75 Å². The fraction of sp³-hybridized carbons (Fsp3) is 0.250. The second kappa shape index (κ2) is 12.5. The summed E-state index contributed by atoms with van der Waals surface area (Å²) in [5.74, 6) is -2.29. The summed E-state index contributed by atoms with van der Waals surface area (Å²) < 4.78 is 45.3. The number of nitrogens with two attached hydrogens (primary N) is 1. The molecule has 0 aliphatic rings. The van der Waals surface area contributed by atoms with Crippen LogP contribution in [0.1, 0.15) is 18.5 Å². The molecule has 1 atom stereocenters. The Morgan fingerprint density at radius 3 is 2.68 bits per heavy atom. The van der Waals surface area contributed by atoms with Gasteiger partial charge >= 0.3 is 6.09 Å². The number of primary amides is 1. The zero-order chi connectivity index (χ0) is 27.8. The predicted molar refractivity (Wildman–Crippen MR) is 131 cm³/mol. The SMILES string of the molecule is NC(=O)/C=C/CCC(NC(=O)O)C(=O)Nc1cccn(Cc2cc3cc(F)cc(OCC(F)F)c3[nH]2)c1=O. The zero-order valence-corrected chi connectivity index (χ0v) is 19.7. The first kappa shape index (κ1) is 27.8. The highest BCUT2D eigenvalue weighted by Crippen LogP contribution is 2.28. The lowest BCUT2D eigenvalue weighted by Crippen LogP contribution is -2.44. The second-order valence-electron chi connectivity index (χ2n) is 8.09. The molecule has 0 aliphatic carbocycles. The van der Waals surface area contributed by atoms with Crippen LogP contribution in [0.2, 0.25) is 0 Å². The van der Waals surface area contributed by atoms with Gasteiger partial charge in [0.15, 0.2) is 0 Å². The summed E-state index contributed by atoms with van der Waals surface area (Å²) in [6.45, 7) is -0.977. The Kier molecular flexibility index (Phi) is 9.13. The van der Waals surface area contributed by atoms with Gasteiger partial charge in [-0.2, -0.15) is 0 Å². The maximum atomic E-state index is 13.9. The molecule has 11 nitrogen and oxygen atoms in total. The fourth-order valence-electron chi connectivity index (χ4n) is 3.63. The Labute approximate surface area is 213 Å². The Hall–Kier alpha value is -4.75. The fourth-order valence-corrected chi connectivity index (χ4v) is 3.63. The van der Waals surface area contributed by atoms with E-state index >= 15 is 0 Å². The number of halogens is 3.